The van der Waals surface area contributed by atoms with Crippen LogP contribution in [0.4, 0.5) is 0 Å². The molecule has 0 fully saturated rings. The lowest BCUT2D eigenvalue weighted by molar-refractivity contribution is -0.245. The third kappa shape index (κ3) is 6.58. The number of unbranched alkanes of at least 4 members (excludes halogenated alkanes) is 3. The van der Waals surface area contributed by atoms with Crippen molar-refractivity contribution < 1.29 is 14.6 Å². The van der Waals surface area contributed by atoms with E-state index in [0.717, 1.165) is 57.0 Å². The molecule has 0 saturated heterocycles. The molecule has 1 heterocycles. The van der Waals surface area contributed by atoms with E-state index in [2.05, 4.69) is 32.7 Å². The first-order chi connectivity index (χ1) is 13.5. The molecule has 0 saturated carbocycles. The zero-order valence-electron chi connectivity index (χ0n) is 18.4. The predicted octanol–water partition coefficient (Wildman–Crippen LogP) is 5.13. The first kappa shape index (κ1) is 24.6. The van der Waals surface area contributed by atoms with Crippen molar-refractivity contribution in [3.63, 3.8) is 0 Å². The molecule has 0 aromatic carbocycles. The van der Waals surface area contributed by atoms with Crippen molar-refractivity contribution in [2.24, 2.45) is 0 Å². The molecular formula is C23H38NO3P. The maximum atomic E-state index is 13.3. The molecule has 0 bridgehead atoms. The van der Waals surface area contributed by atoms with Gasteiger partial charge in [0.15, 0.2) is 0 Å². The van der Waals surface area contributed by atoms with E-state index in [4.69, 9.17) is 4.74 Å². The SMILES string of the molecule is CCCC[P+](CCCC)(CCCC)C(C)/C(C(=O)OC)=C(\[O-])c1ccncc1. The molecular weight excluding hydrogens is 369 g/mol. The van der Waals surface area contributed by atoms with E-state index in [0.29, 0.717) is 11.1 Å². The lowest BCUT2D eigenvalue weighted by Gasteiger charge is -2.36. The maximum absolute atomic E-state index is 13.3. The van der Waals surface area contributed by atoms with Crippen LogP contribution in [0.3, 0.4) is 0 Å². The van der Waals surface area contributed by atoms with Crippen LogP contribution in [0.25, 0.3) is 5.76 Å². The Bertz CT molecular complexity index is 594. The van der Waals surface area contributed by atoms with Gasteiger partial charge < -0.3 is 9.84 Å². The standard InChI is InChI=1S/C23H38NO3P/c1-6-9-16-28(17-10-7-2,18-11-8-3)19(4)21(23(26)27-5)22(25)20-12-14-24-15-13-20/h12-15,19H,6-11,16-18H2,1-5H3. The number of rotatable bonds is 13. The molecule has 1 atom stereocenters. The molecule has 4 nitrogen and oxygen atoms in total. The number of esters is 1. The number of methoxy groups -OCH3 is 1. The molecule has 0 aliphatic heterocycles. The number of aromatic nitrogens is 1. The highest BCUT2D eigenvalue weighted by Crippen LogP contribution is 2.66. The summed E-state index contributed by atoms with van der Waals surface area (Å²) in [4.78, 5) is 16.8. The van der Waals surface area contributed by atoms with E-state index in [1.807, 2.05) is 0 Å². The Morgan fingerprint density at radius 3 is 1.89 bits per heavy atom. The lowest BCUT2D eigenvalue weighted by atomic mass is 10.1. The minimum atomic E-state index is -1.51. The van der Waals surface area contributed by atoms with Gasteiger partial charge in [0.1, 0.15) is 0 Å². The molecule has 0 radical (unpaired) electrons. The summed E-state index contributed by atoms with van der Waals surface area (Å²) in [5, 5.41) is 13.3. The van der Waals surface area contributed by atoms with E-state index >= 15 is 0 Å². The average molecular weight is 408 g/mol. The average Bonchev–Trinajstić information content (AvgIpc) is 2.73. The summed E-state index contributed by atoms with van der Waals surface area (Å²) in [7, 11) is -0.134. The molecule has 1 rings (SSSR count). The molecule has 1 aromatic heterocycles. The molecule has 158 valence electrons. The van der Waals surface area contributed by atoms with Gasteiger partial charge >= 0.3 is 5.97 Å². The summed E-state index contributed by atoms with van der Waals surface area (Å²) in [5.41, 5.74) is 0.817. The molecule has 0 N–H and O–H groups in total. The third-order valence-corrected chi connectivity index (χ3v) is 11.2. The van der Waals surface area contributed by atoms with Crippen molar-refractivity contribution in [1.29, 1.82) is 0 Å². The highest BCUT2D eigenvalue weighted by atomic mass is 31.2. The van der Waals surface area contributed by atoms with Gasteiger partial charge in [-0.05, 0) is 43.9 Å². The van der Waals surface area contributed by atoms with Gasteiger partial charge in [0.25, 0.3) is 0 Å². The van der Waals surface area contributed by atoms with Crippen LogP contribution in [0, 0.1) is 0 Å². The Morgan fingerprint density at radius 2 is 1.50 bits per heavy atom. The van der Waals surface area contributed by atoms with Crippen LogP contribution >= 0.6 is 7.26 Å². The summed E-state index contributed by atoms with van der Waals surface area (Å²) in [6, 6.07) is 3.37. The number of hydrogen-bond donors (Lipinski definition) is 0. The van der Waals surface area contributed by atoms with E-state index in [1.165, 1.54) is 7.11 Å². The first-order valence-corrected chi connectivity index (χ1v) is 13.1. The number of carbonyl (C=O) groups is 1. The van der Waals surface area contributed by atoms with Gasteiger partial charge in [-0.3, -0.25) is 4.98 Å². The van der Waals surface area contributed by atoms with Crippen molar-refractivity contribution in [3.05, 3.63) is 35.7 Å². The molecule has 0 amide bonds. The quantitative estimate of drug-likeness (QED) is 0.197. The Labute approximate surface area is 172 Å². The van der Waals surface area contributed by atoms with E-state index < -0.39 is 13.2 Å². The number of carbonyl (C=O) groups excluding carboxylic acids is 1. The topological polar surface area (TPSA) is 62.2 Å². The highest BCUT2D eigenvalue weighted by molar-refractivity contribution is 7.76. The minimum absolute atomic E-state index is 0.0368. The van der Waals surface area contributed by atoms with Crippen molar-refractivity contribution >= 4 is 19.0 Å². The summed E-state index contributed by atoms with van der Waals surface area (Å²) in [6.45, 7) is 8.75. The first-order valence-electron chi connectivity index (χ1n) is 10.7. The van der Waals surface area contributed by atoms with Crippen LogP contribution in [-0.2, 0) is 9.53 Å². The van der Waals surface area contributed by atoms with E-state index in [-0.39, 0.29) is 11.4 Å². The third-order valence-electron chi connectivity index (χ3n) is 5.70. The zero-order valence-corrected chi connectivity index (χ0v) is 19.3. The number of ether oxygens (including phenoxy) is 1. The van der Waals surface area contributed by atoms with Crippen LogP contribution in [0.15, 0.2) is 30.1 Å². The van der Waals surface area contributed by atoms with Crippen LogP contribution in [-0.4, -0.2) is 42.2 Å². The number of pyridine rings is 1. The van der Waals surface area contributed by atoms with Crippen molar-refractivity contribution in [2.45, 2.75) is 71.9 Å². The van der Waals surface area contributed by atoms with E-state index in [9.17, 15) is 9.90 Å². The van der Waals surface area contributed by atoms with Crippen molar-refractivity contribution in [1.82, 2.24) is 4.98 Å². The van der Waals surface area contributed by atoms with Gasteiger partial charge in [-0.25, -0.2) is 4.79 Å². The molecule has 0 aliphatic carbocycles. The number of hydrogen-bond acceptors (Lipinski definition) is 4. The zero-order chi connectivity index (χ0) is 21.0. The second-order valence-electron chi connectivity index (χ2n) is 7.60. The van der Waals surface area contributed by atoms with Gasteiger partial charge in [-0.2, -0.15) is 0 Å². The van der Waals surface area contributed by atoms with Gasteiger partial charge in [0.05, 0.1) is 36.8 Å². The maximum Gasteiger partial charge on any atom is 0.337 e. The van der Waals surface area contributed by atoms with Crippen molar-refractivity contribution in [3.8, 4) is 0 Å². The van der Waals surface area contributed by atoms with Gasteiger partial charge in [0.2, 0.25) is 0 Å². The molecule has 0 aliphatic rings. The summed E-state index contributed by atoms with van der Waals surface area (Å²) in [5.74, 6) is -0.668. The van der Waals surface area contributed by atoms with Gasteiger partial charge in [-0.1, -0.05) is 45.8 Å². The molecule has 5 heteroatoms. The van der Waals surface area contributed by atoms with Crippen LogP contribution < -0.4 is 5.11 Å². The fourth-order valence-corrected chi connectivity index (χ4v) is 9.27. The second kappa shape index (κ2) is 12.9. The fraction of sp³-hybridized carbons (Fsp3) is 0.652. The number of nitrogens with zero attached hydrogens (tertiary/aromatic N) is 1. The van der Waals surface area contributed by atoms with Crippen LogP contribution in [0.1, 0.15) is 71.8 Å². The molecule has 28 heavy (non-hydrogen) atoms. The minimum Gasteiger partial charge on any atom is -0.872 e. The molecule has 0 spiro atoms. The Kier molecular flexibility index (Phi) is 11.4. The lowest BCUT2D eigenvalue weighted by Crippen LogP contribution is -2.29. The predicted molar refractivity (Wildman–Crippen MR) is 119 cm³/mol. The highest BCUT2D eigenvalue weighted by Gasteiger charge is 2.45. The van der Waals surface area contributed by atoms with E-state index in [1.54, 1.807) is 24.5 Å². The Balaban J connectivity index is 3.48. The van der Waals surface area contributed by atoms with Crippen LogP contribution in [0.5, 0.6) is 0 Å². The van der Waals surface area contributed by atoms with Gasteiger partial charge in [0, 0.05) is 19.7 Å². The Hall–Kier alpha value is -1.41. The van der Waals surface area contributed by atoms with Gasteiger partial charge in [-0.15, -0.1) is 0 Å². The van der Waals surface area contributed by atoms with Crippen LogP contribution in [0.2, 0.25) is 0 Å². The fourth-order valence-electron chi connectivity index (χ4n) is 3.83. The summed E-state index contributed by atoms with van der Waals surface area (Å²) >= 11 is 0. The Morgan fingerprint density at radius 1 is 1.04 bits per heavy atom. The summed E-state index contributed by atoms with van der Waals surface area (Å²) in [6.07, 6.45) is 13.5. The smallest absolute Gasteiger partial charge is 0.337 e. The molecule has 1 aromatic rings. The monoisotopic (exact) mass is 407 g/mol. The second-order valence-corrected chi connectivity index (χ2v) is 12.1. The largest absolute Gasteiger partial charge is 0.872 e. The van der Waals surface area contributed by atoms with Crippen molar-refractivity contribution in [2.75, 3.05) is 25.6 Å². The molecule has 1 unspecified atom stereocenters. The summed E-state index contributed by atoms with van der Waals surface area (Å²) < 4.78 is 5.09. The normalized spacial score (nSPS) is 13.8.